The second-order valence-electron chi connectivity index (χ2n) is 6.57. The van der Waals surface area contributed by atoms with E-state index in [-0.39, 0.29) is 17.6 Å². The van der Waals surface area contributed by atoms with Gasteiger partial charge in [0, 0.05) is 11.8 Å². The van der Waals surface area contributed by atoms with Crippen molar-refractivity contribution in [2.45, 2.75) is 51.9 Å². The maximum absolute atomic E-state index is 11.2. The molecule has 1 saturated heterocycles. The molecule has 1 aromatic carbocycles. The molecule has 1 heterocycles. The van der Waals surface area contributed by atoms with Gasteiger partial charge < -0.3 is 19.0 Å². The van der Waals surface area contributed by atoms with Crippen molar-refractivity contribution < 1.29 is 19.0 Å². The molecule has 0 radical (unpaired) electrons. The van der Waals surface area contributed by atoms with Crippen LogP contribution in [0.1, 0.15) is 38.7 Å². The van der Waals surface area contributed by atoms with Gasteiger partial charge in [-0.1, -0.05) is 44.2 Å². The molecule has 0 bridgehead atoms. The van der Waals surface area contributed by atoms with Crippen LogP contribution in [0.15, 0.2) is 30.3 Å². The lowest BCUT2D eigenvalue weighted by molar-refractivity contribution is -0.153. The van der Waals surface area contributed by atoms with Crippen LogP contribution in [-0.4, -0.2) is 31.9 Å². The van der Waals surface area contributed by atoms with Crippen molar-refractivity contribution in [3.8, 4) is 0 Å². The third-order valence-electron chi connectivity index (χ3n) is 3.90. The highest BCUT2D eigenvalue weighted by Gasteiger charge is 2.27. The summed E-state index contributed by atoms with van der Waals surface area (Å²) in [5, 5.41) is 0. The molecule has 1 fully saturated rings. The van der Waals surface area contributed by atoms with E-state index in [0.717, 1.165) is 31.3 Å². The molecule has 22 heavy (non-hydrogen) atoms. The van der Waals surface area contributed by atoms with Crippen LogP contribution in [0.4, 0.5) is 0 Å². The summed E-state index contributed by atoms with van der Waals surface area (Å²) in [6.45, 7) is 5.54. The zero-order valence-corrected chi connectivity index (χ0v) is 13.5. The first-order chi connectivity index (χ1) is 10.6. The van der Waals surface area contributed by atoms with Crippen LogP contribution in [0.2, 0.25) is 0 Å². The average molecular weight is 306 g/mol. The van der Waals surface area contributed by atoms with Crippen molar-refractivity contribution in [3.05, 3.63) is 35.9 Å². The minimum Gasteiger partial charge on any atom is -0.373 e. The van der Waals surface area contributed by atoms with Crippen molar-refractivity contribution >= 4 is 6.29 Å². The number of ether oxygens (including phenoxy) is 3. The first-order valence-electron chi connectivity index (χ1n) is 7.90. The van der Waals surface area contributed by atoms with Gasteiger partial charge in [0.1, 0.15) is 13.1 Å². The number of hydrogen-bond acceptors (Lipinski definition) is 4. The zero-order valence-electron chi connectivity index (χ0n) is 13.5. The smallest absolute Gasteiger partial charge is 0.147 e. The monoisotopic (exact) mass is 306 g/mol. The quantitative estimate of drug-likeness (QED) is 0.691. The number of carbonyl (C=O) groups excluding carboxylic acids is 1. The van der Waals surface area contributed by atoms with Crippen molar-refractivity contribution in [1.29, 1.82) is 0 Å². The highest BCUT2D eigenvalue weighted by atomic mass is 16.7. The Balaban J connectivity index is 1.92. The Labute approximate surface area is 132 Å². The number of benzene rings is 1. The molecule has 1 aromatic rings. The number of carbonyl (C=O) groups is 1. The Morgan fingerprint density at radius 2 is 2.14 bits per heavy atom. The fourth-order valence-electron chi connectivity index (χ4n) is 2.61. The second kappa shape index (κ2) is 8.42. The first kappa shape index (κ1) is 17.1. The van der Waals surface area contributed by atoms with E-state index in [1.54, 1.807) is 0 Å². The van der Waals surface area contributed by atoms with E-state index < -0.39 is 0 Å². The van der Waals surface area contributed by atoms with Crippen LogP contribution in [0.25, 0.3) is 0 Å². The van der Waals surface area contributed by atoms with Gasteiger partial charge in [0.2, 0.25) is 0 Å². The van der Waals surface area contributed by atoms with Crippen LogP contribution >= 0.6 is 0 Å². The van der Waals surface area contributed by atoms with Gasteiger partial charge in [-0.2, -0.15) is 0 Å². The highest BCUT2D eigenvalue weighted by Crippen LogP contribution is 2.26. The number of aldehydes is 1. The molecule has 0 N–H and O–H groups in total. The first-order valence-corrected chi connectivity index (χ1v) is 7.90. The van der Waals surface area contributed by atoms with Crippen molar-refractivity contribution in [2.24, 2.45) is 5.41 Å². The maximum atomic E-state index is 11.2. The van der Waals surface area contributed by atoms with Crippen molar-refractivity contribution in [3.63, 3.8) is 0 Å². The third kappa shape index (κ3) is 5.87. The molecule has 0 spiro atoms. The molecule has 2 rings (SSSR count). The Morgan fingerprint density at radius 3 is 2.77 bits per heavy atom. The van der Waals surface area contributed by atoms with Crippen LogP contribution in [0.5, 0.6) is 0 Å². The molecule has 2 atom stereocenters. The molecule has 4 nitrogen and oxygen atoms in total. The Hall–Kier alpha value is -1.23. The minimum absolute atomic E-state index is 0.00325. The SMILES string of the molecule is CC(C)(C=O)CC(C[C@H]1CCOCO1)OCc1ccccc1. The van der Waals surface area contributed by atoms with Crippen LogP contribution in [0, 0.1) is 5.41 Å². The molecule has 0 saturated carbocycles. The summed E-state index contributed by atoms with van der Waals surface area (Å²) >= 11 is 0. The molecule has 0 amide bonds. The molecular formula is C18H26O4. The molecule has 0 aromatic heterocycles. The second-order valence-corrected chi connectivity index (χ2v) is 6.57. The van der Waals surface area contributed by atoms with Crippen LogP contribution < -0.4 is 0 Å². The molecule has 4 heteroatoms. The molecule has 0 aliphatic carbocycles. The lowest BCUT2D eigenvalue weighted by Gasteiger charge is -2.30. The largest absolute Gasteiger partial charge is 0.373 e. The van der Waals surface area contributed by atoms with E-state index in [1.807, 2.05) is 44.2 Å². The van der Waals surface area contributed by atoms with Crippen molar-refractivity contribution in [1.82, 2.24) is 0 Å². The summed E-state index contributed by atoms with van der Waals surface area (Å²) in [5.74, 6) is 0. The number of rotatable bonds is 8. The van der Waals surface area contributed by atoms with Gasteiger partial charge in [-0.05, 0) is 18.4 Å². The van der Waals surface area contributed by atoms with Gasteiger partial charge in [0.15, 0.2) is 0 Å². The Kier molecular flexibility index (Phi) is 6.55. The summed E-state index contributed by atoms with van der Waals surface area (Å²) in [5.41, 5.74) is 0.760. The van der Waals surface area contributed by atoms with E-state index in [1.165, 1.54) is 0 Å². The van der Waals surface area contributed by atoms with E-state index in [4.69, 9.17) is 14.2 Å². The van der Waals surface area contributed by atoms with E-state index in [0.29, 0.717) is 19.8 Å². The minimum atomic E-state index is -0.382. The lowest BCUT2D eigenvalue weighted by Crippen LogP contribution is -2.32. The topological polar surface area (TPSA) is 44.8 Å². The Bertz CT molecular complexity index is 438. The molecule has 122 valence electrons. The standard InChI is InChI=1S/C18H26O4/c1-18(2,13-19)11-17(10-16-8-9-20-14-22-16)21-12-15-6-4-3-5-7-15/h3-7,13,16-17H,8-12,14H2,1-2H3/t16-,17?/m1/s1. The molecule has 1 unspecified atom stereocenters. The van der Waals surface area contributed by atoms with Gasteiger partial charge in [-0.15, -0.1) is 0 Å². The third-order valence-corrected chi connectivity index (χ3v) is 3.90. The predicted octanol–water partition coefficient (Wildman–Crippen LogP) is 3.34. The normalized spacial score (nSPS) is 20.5. The fraction of sp³-hybridized carbons (Fsp3) is 0.611. The summed E-state index contributed by atoms with van der Waals surface area (Å²) < 4.78 is 16.9. The molecule has 1 aliphatic rings. The van der Waals surface area contributed by atoms with Gasteiger partial charge >= 0.3 is 0 Å². The van der Waals surface area contributed by atoms with E-state index in [9.17, 15) is 4.79 Å². The van der Waals surface area contributed by atoms with Gasteiger partial charge in [0.05, 0.1) is 25.4 Å². The fourth-order valence-corrected chi connectivity index (χ4v) is 2.61. The summed E-state index contributed by atoms with van der Waals surface area (Å²) in [7, 11) is 0. The summed E-state index contributed by atoms with van der Waals surface area (Å²) in [6, 6.07) is 10.1. The predicted molar refractivity (Wildman–Crippen MR) is 84.4 cm³/mol. The van der Waals surface area contributed by atoms with Gasteiger partial charge in [-0.3, -0.25) is 0 Å². The van der Waals surface area contributed by atoms with Gasteiger partial charge in [0.25, 0.3) is 0 Å². The average Bonchev–Trinajstić information content (AvgIpc) is 2.54. The highest BCUT2D eigenvalue weighted by molar-refractivity contribution is 5.57. The lowest BCUT2D eigenvalue weighted by atomic mass is 9.86. The number of hydrogen-bond donors (Lipinski definition) is 0. The van der Waals surface area contributed by atoms with Crippen LogP contribution in [-0.2, 0) is 25.6 Å². The zero-order chi connectivity index (χ0) is 15.8. The van der Waals surface area contributed by atoms with Crippen LogP contribution in [0.3, 0.4) is 0 Å². The molecule has 1 aliphatic heterocycles. The van der Waals surface area contributed by atoms with Gasteiger partial charge in [-0.25, -0.2) is 0 Å². The van der Waals surface area contributed by atoms with Crippen molar-refractivity contribution in [2.75, 3.05) is 13.4 Å². The molecular weight excluding hydrogens is 280 g/mol. The van der Waals surface area contributed by atoms with E-state index >= 15 is 0 Å². The Morgan fingerprint density at radius 1 is 1.36 bits per heavy atom. The summed E-state index contributed by atoms with van der Waals surface area (Å²) in [6.07, 6.45) is 3.54. The summed E-state index contributed by atoms with van der Waals surface area (Å²) in [4.78, 5) is 11.2. The maximum Gasteiger partial charge on any atom is 0.147 e. The van der Waals surface area contributed by atoms with E-state index in [2.05, 4.69) is 0 Å².